The average molecular weight is 375 g/mol. The van der Waals surface area contributed by atoms with Crippen molar-refractivity contribution in [1.82, 2.24) is 15.2 Å². The number of para-hydroxylation sites is 1. The molecule has 1 aliphatic heterocycles. The van der Waals surface area contributed by atoms with E-state index >= 15 is 0 Å². The number of nitrogens with one attached hydrogen (secondary N) is 1. The monoisotopic (exact) mass is 375 g/mol. The van der Waals surface area contributed by atoms with Crippen molar-refractivity contribution < 1.29 is 14.3 Å². The summed E-state index contributed by atoms with van der Waals surface area (Å²) >= 11 is 0. The van der Waals surface area contributed by atoms with E-state index in [1.807, 2.05) is 48.5 Å². The van der Waals surface area contributed by atoms with E-state index in [4.69, 9.17) is 4.74 Å². The van der Waals surface area contributed by atoms with Crippen molar-refractivity contribution in [3.63, 3.8) is 0 Å². The molecule has 28 heavy (non-hydrogen) atoms. The van der Waals surface area contributed by atoms with Crippen molar-refractivity contribution in [2.24, 2.45) is 0 Å². The Hall–Kier alpha value is -3.41. The fourth-order valence-corrected chi connectivity index (χ4v) is 3.51. The second-order valence-electron chi connectivity index (χ2n) is 6.80. The van der Waals surface area contributed by atoms with Crippen LogP contribution in [0.15, 0.2) is 60.8 Å². The van der Waals surface area contributed by atoms with Crippen LogP contribution < -0.4 is 10.1 Å². The molecule has 3 aromatic rings. The van der Waals surface area contributed by atoms with Crippen LogP contribution in [-0.2, 0) is 11.3 Å². The van der Waals surface area contributed by atoms with E-state index < -0.39 is 6.04 Å². The molecular weight excluding hydrogens is 354 g/mol. The zero-order chi connectivity index (χ0) is 19.5. The number of likely N-dealkylation sites (tertiary alicyclic amines) is 1. The molecule has 2 aromatic carbocycles. The maximum atomic E-state index is 12.8. The van der Waals surface area contributed by atoms with Gasteiger partial charge in [-0.05, 0) is 36.2 Å². The van der Waals surface area contributed by atoms with Crippen LogP contribution in [0.4, 0.5) is 0 Å². The number of fused-ring (bicyclic) bond motifs is 1. The van der Waals surface area contributed by atoms with Crippen LogP contribution in [0.25, 0.3) is 10.9 Å². The summed E-state index contributed by atoms with van der Waals surface area (Å²) < 4.78 is 5.16. The number of benzene rings is 2. The number of hydrogen-bond donors (Lipinski definition) is 1. The van der Waals surface area contributed by atoms with Gasteiger partial charge in [0.25, 0.3) is 5.91 Å². The number of ether oxygens (including phenoxy) is 1. The predicted molar refractivity (Wildman–Crippen MR) is 106 cm³/mol. The van der Waals surface area contributed by atoms with Crippen molar-refractivity contribution in [3.05, 3.63) is 71.9 Å². The molecule has 0 spiro atoms. The SMILES string of the molecule is COc1ccc(CN2CCC(NC(=O)c3ccnc4ccccc34)C2=O)cc1. The van der Waals surface area contributed by atoms with Crippen molar-refractivity contribution in [1.29, 1.82) is 0 Å². The van der Waals surface area contributed by atoms with Gasteiger partial charge in [-0.25, -0.2) is 0 Å². The number of nitrogens with zero attached hydrogens (tertiary/aromatic N) is 2. The molecule has 0 aliphatic carbocycles. The lowest BCUT2D eigenvalue weighted by Gasteiger charge is -2.17. The molecule has 1 aliphatic rings. The first kappa shape index (κ1) is 18.0. The number of hydrogen-bond acceptors (Lipinski definition) is 4. The van der Waals surface area contributed by atoms with Crippen molar-refractivity contribution in [3.8, 4) is 5.75 Å². The minimum atomic E-state index is -0.502. The molecule has 1 N–H and O–H groups in total. The molecule has 1 aromatic heterocycles. The van der Waals surface area contributed by atoms with Crippen LogP contribution >= 0.6 is 0 Å². The van der Waals surface area contributed by atoms with E-state index in [9.17, 15) is 9.59 Å². The van der Waals surface area contributed by atoms with E-state index in [-0.39, 0.29) is 11.8 Å². The first-order valence-corrected chi connectivity index (χ1v) is 9.22. The smallest absolute Gasteiger partial charge is 0.252 e. The maximum absolute atomic E-state index is 12.8. The number of carbonyl (C=O) groups is 2. The third kappa shape index (κ3) is 3.53. The van der Waals surface area contributed by atoms with Gasteiger partial charge in [-0.15, -0.1) is 0 Å². The summed E-state index contributed by atoms with van der Waals surface area (Å²) in [5.74, 6) is 0.483. The number of carbonyl (C=O) groups excluding carboxylic acids is 2. The summed E-state index contributed by atoms with van der Waals surface area (Å²) in [6.45, 7) is 1.14. The fraction of sp³-hybridized carbons (Fsp3) is 0.227. The Morgan fingerprint density at radius 1 is 1.18 bits per heavy atom. The molecular formula is C22H21N3O3. The maximum Gasteiger partial charge on any atom is 0.252 e. The molecule has 6 heteroatoms. The van der Waals surface area contributed by atoms with Crippen molar-refractivity contribution in [2.75, 3.05) is 13.7 Å². The minimum absolute atomic E-state index is 0.0532. The van der Waals surface area contributed by atoms with Crippen LogP contribution in [0.1, 0.15) is 22.3 Å². The van der Waals surface area contributed by atoms with Gasteiger partial charge in [-0.2, -0.15) is 0 Å². The summed E-state index contributed by atoms with van der Waals surface area (Å²) in [5, 5.41) is 3.67. The Kier molecular flexibility index (Phi) is 4.93. The lowest BCUT2D eigenvalue weighted by atomic mass is 10.1. The van der Waals surface area contributed by atoms with Gasteiger partial charge in [-0.3, -0.25) is 14.6 Å². The third-order valence-corrected chi connectivity index (χ3v) is 5.03. The van der Waals surface area contributed by atoms with E-state index in [0.29, 0.717) is 25.1 Å². The van der Waals surface area contributed by atoms with Gasteiger partial charge in [0, 0.05) is 24.7 Å². The average Bonchev–Trinajstić information content (AvgIpc) is 3.07. The van der Waals surface area contributed by atoms with Gasteiger partial charge in [0.2, 0.25) is 5.91 Å². The lowest BCUT2D eigenvalue weighted by molar-refractivity contribution is -0.129. The van der Waals surface area contributed by atoms with Crippen molar-refractivity contribution in [2.45, 2.75) is 19.0 Å². The zero-order valence-corrected chi connectivity index (χ0v) is 15.6. The van der Waals surface area contributed by atoms with Gasteiger partial charge in [0.1, 0.15) is 11.8 Å². The van der Waals surface area contributed by atoms with Crippen LogP contribution in [0.2, 0.25) is 0 Å². The molecule has 142 valence electrons. The molecule has 6 nitrogen and oxygen atoms in total. The fourth-order valence-electron chi connectivity index (χ4n) is 3.51. The standard InChI is InChI=1S/C22H21N3O3/c1-28-16-8-6-15(7-9-16)14-25-13-11-20(22(25)27)24-21(26)18-10-12-23-19-5-3-2-4-17(18)19/h2-10,12,20H,11,13-14H2,1H3,(H,24,26). The quantitative estimate of drug-likeness (QED) is 0.744. The van der Waals surface area contributed by atoms with Gasteiger partial charge >= 0.3 is 0 Å². The first-order valence-electron chi connectivity index (χ1n) is 9.22. The first-order chi connectivity index (χ1) is 13.7. The Morgan fingerprint density at radius 2 is 1.96 bits per heavy atom. The summed E-state index contributed by atoms with van der Waals surface area (Å²) in [5.41, 5.74) is 2.32. The third-order valence-electron chi connectivity index (χ3n) is 5.03. The summed E-state index contributed by atoms with van der Waals surface area (Å²) in [4.78, 5) is 31.6. The van der Waals surface area contributed by atoms with Crippen LogP contribution in [0.5, 0.6) is 5.75 Å². The summed E-state index contributed by atoms with van der Waals surface area (Å²) in [7, 11) is 1.62. The van der Waals surface area contributed by atoms with Gasteiger partial charge in [0.15, 0.2) is 0 Å². The van der Waals surface area contributed by atoms with Gasteiger partial charge in [0.05, 0.1) is 18.2 Å². The van der Waals surface area contributed by atoms with Crippen LogP contribution in [0.3, 0.4) is 0 Å². The second kappa shape index (κ2) is 7.68. The summed E-state index contributed by atoms with van der Waals surface area (Å²) in [6.07, 6.45) is 2.22. The topological polar surface area (TPSA) is 71.5 Å². The molecule has 1 atom stereocenters. The second-order valence-corrected chi connectivity index (χ2v) is 6.80. The molecule has 0 radical (unpaired) electrons. The van der Waals surface area contributed by atoms with Crippen LogP contribution in [-0.4, -0.2) is 41.4 Å². The van der Waals surface area contributed by atoms with E-state index in [1.54, 1.807) is 24.3 Å². The number of aromatic nitrogens is 1. The van der Waals surface area contributed by atoms with E-state index in [2.05, 4.69) is 10.3 Å². The van der Waals surface area contributed by atoms with E-state index in [0.717, 1.165) is 22.2 Å². The number of methoxy groups -OCH3 is 1. The molecule has 2 amide bonds. The summed E-state index contributed by atoms with van der Waals surface area (Å²) in [6, 6.07) is 16.3. The molecule has 1 fully saturated rings. The van der Waals surface area contributed by atoms with Crippen LogP contribution in [0, 0.1) is 0 Å². The van der Waals surface area contributed by atoms with Gasteiger partial charge in [-0.1, -0.05) is 30.3 Å². The normalized spacial score (nSPS) is 16.4. The highest BCUT2D eigenvalue weighted by Crippen LogP contribution is 2.20. The minimum Gasteiger partial charge on any atom is -0.497 e. The Morgan fingerprint density at radius 3 is 2.75 bits per heavy atom. The number of rotatable bonds is 5. The Labute approximate surface area is 163 Å². The lowest BCUT2D eigenvalue weighted by Crippen LogP contribution is -2.41. The molecule has 1 unspecified atom stereocenters. The highest BCUT2D eigenvalue weighted by atomic mass is 16.5. The molecule has 0 bridgehead atoms. The van der Waals surface area contributed by atoms with E-state index in [1.165, 1.54) is 0 Å². The number of pyridine rings is 1. The number of amides is 2. The Balaban J connectivity index is 1.44. The highest BCUT2D eigenvalue weighted by molar-refractivity contribution is 6.07. The zero-order valence-electron chi connectivity index (χ0n) is 15.6. The predicted octanol–water partition coefficient (Wildman–Crippen LogP) is 2.77. The van der Waals surface area contributed by atoms with Crippen molar-refractivity contribution >= 4 is 22.7 Å². The highest BCUT2D eigenvalue weighted by Gasteiger charge is 2.33. The largest absolute Gasteiger partial charge is 0.497 e. The molecule has 4 rings (SSSR count). The van der Waals surface area contributed by atoms with Gasteiger partial charge < -0.3 is 15.0 Å². The molecule has 1 saturated heterocycles. The molecule has 0 saturated carbocycles. The Bertz CT molecular complexity index is 1010. The molecule has 2 heterocycles.